The second-order valence-electron chi connectivity index (χ2n) is 3.64. The molecule has 0 saturated heterocycles. The van der Waals surface area contributed by atoms with Crippen LogP contribution < -0.4 is 10.1 Å². The van der Waals surface area contributed by atoms with Crippen LogP contribution in [0.15, 0.2) is 24.3 Å². The van der Waals surface area contributed by atoms with Crippen LogP contribution in [0, 0.1) is 0 Å². The molecule has 9 heteroatoms. The van der Waals surface area contributed by atoms with Crippen molar-refractivity contribution in [2.45, 2.75) is 18.9 Å². The SMILES string of the molecule is O=C(NCC(O)C(F)(F)F)c1ccccc1OC(F)F. The monoisotopic (exact) mass is 299 g/mol. The van der Waals surface area contributed by atoms with E-state index in [-0.39, 0.29) is 5.56 Å². The Balaban J connectivity index is 2.73. The molecule has 4 nitrogen and oxygen atoms in total. The van der Waals surface area contributed by atoms with Crippen molar-refractivity contribution in [2.75, 3.05) is 6.54 Å². The van der Waals surface area contributed by atoms with E-state index in [2.05, 4.69) is 4.74 Å². The van der Waals surface area contributed by atoms with Crippen molar-refractivity contribution in [3.63, 3.8) is 0 Å². The molecule has 0 spiro atoms. The Labute approximate surface area is 110 Å². The third-order valence-electron chi connectivity index (χ3n) is 2.18. The van der Waals surface area contributed by atoms with Crippen LogP contribution in [0.1, 0.15) is 10.4 Å². The van der Waals surface area contributed by atoms with Gasteiger partial charge in [0.05, 0.1) is 12.1 Å². The van der Waals surface area contributed by atoms with E-state index in [9.17, 15) is 26.7 Å². The molecule has 2 N–H and O–H groups in total. The molecule has 1 atom stereocenters. The van der Waals surface area contributed by atoms with Gasteiger partial charge in [0.15, 0.2) is 6.10 Å². The summed E-state index contributed by atoms with van der Waals surface area (Å²) in [5.41, 5.74) is -0.359. The number of benzene rings is 1. The van der Waals surface area contributed by atoms with Crippen molar-refractivity contribution < 1.29 is 36.6 Å². The molecule has 0 aliphatic carbocycles. The first kappa shape index (κ1) is 16.2. The lowest BCUT2D eigenvalue weighted by molar-refractivity contribution is -0.201. The average molecular weight is 299 g/mol. The zero-order valence-electron chi connectivity index (χ0n) is 9.82. The van der Waals surface area contributed by atoms with Crippen molar-refractivity contribution in [3.05, 3.63) is 29.8 Å². The smallest absolute Gasteiger partial charge is 0.416 e. The van der Waals surface area contributed by atoms with Gasteiger partial charge in [-0.15, -0.1) is 0 Å². The Hall–Kier alpha value is -1.90. The number of para-hydroxylation sites is 1. The Morgan fingerprint density at radius 1 is 1.30 bits per heavy atom. The Morgan fingerprint density at radius 3 is 2.45 bits per heavy atom. The van der Waals surface area contributed by atoms with Crippen LogP contribution in [0.25, 0.3) is 0 Å². The molecule has 1 amide bonds. The lowest BCUT2D eigenvalue weighted by Gasteiger charge is -2.16. The van der Waals surface area contributed by atoms with Crippen LogP contribution in [-0.2, 0) is 0 Å². The van der Waals surface area contributed by atoms with Gasteiger partial charge in [0.2, 0.25) is 0 Å². The number of halogens is 5. The van der Waals surface area contributed by atoms with E-state index in [1.54, 1.807) is 5.32 Å². The predicted octanol–water partition coefficient (Wildman–Crippen LogP) is 1.94. The quantitative estimate of drug-likeness (QED) is 0.817. The maximum Gasteiger partial charge on any atom is 0.416 e. The van der Waals surface area contributed by atoms with Crippen molar-refractivity contribution in [3.8, 4) is 5.75 Å². The highest BCUT2D eigenvalue weighted by atomic mass is 19.4. The summed E-state index contributed by atoms with van der Waals surface area (Å²) in [5.74, 6) is -1.54. The van der Waals surface area contributed by atoms with Gasteiger partial charge in [-0.2, -0.15) is 22.0 Å². The van der Waals surface area contributed by atoms with Gasteiger partial charge in [0.25, 0.3) is 5.91 Å². The molecular weight excluding hydrogens is 289 g/mol. The molecule has 20 heavy (non-hydrogen) atoms. The standard InChI is InChI=1S/C11H10F5NO3/c12-10(13)20-7-4-2-1-3-6(7)9(19)17-5-8(18)11(14,15)16/h1-4,8,10,18H,5H2,(H,17,19). The van der Waals surface area contributed by atoms with Gasteiger partial charge in [0, 0.05) is 0 Å². The molecule has 0 bridgehead atoms. The number of carbonyl (C=O) groups is 1. The minimum atomic E-state index is -4.88. The van der Waals surface area contributed by atoms with Gasteiger partial charge in [-0.3, -0.25) is 4.79 Å². The number of amides is 1. The Kier molecular flexibility index (Phi) is 5.26. The van der Waals surface area contributed by atoms with Crippen LogP contribution in [0.5, 0.6) is 5.75 Å². The third-order valence-corrected chi connectivity index (χ3v) is 2.18. The summed E-state index contributed by atoms with van der Waals surface area (Å²) in [6, 6.07) is 4.82. The first-order chi connectivity index (χ1) is 9.21. The van der Waals surface area contributed by atoms with Crippen molar-refractivity contribution in [1.82, 2.24) is 5.32 Å². The Morgan fingerprint density at radius 2 is 1.90 bits per heavy atom. The molecule has 0 fully saturated rings. The summed E-state index contributed by atoms with van der Waals surface area (Å²) in [6.07, 6.45) is -7.62. The molecule has 0 aromatic heterocycles. The van der Waals surface area contributed by atoms with Gasteiger partial charge in [-0.1, -0.05) is 12.1 Å². The largest absolute Gasteiger partial charge is 0.434 e. The van der Waals surface area contributed by atoms with E-state index in [0.717, 1.165) is 12.1 Å². The number of rotatable bonds is 5. The maximum atomic E-state index is 12.1. The van der Waals surface area contributed by atoms with Crippen LogP contribution >= 0.6 is 0 Å². The third kappa shape index (κ3) is 4.65. The van der Waals surface area contributed by atoms with E-state index in [1.807, 2.05) is 0 Å². The molecule has 0 radical (unpaired) electrons. The number of alkyl halides is 5. The van der Waals surface area contributed by atoms with E-state index in [0.29, 0.717) is 0 Å². The minimum absolute atomic E-state index is 0.359. The van der Waals surface area contributed by atoms with Crippen molar-refractivity contribution in [2.24, 2.45) is 0 Å². The number of carbonyl (C=O) groups excluding carboxylic acids is 1. The number of hydrogen-bond acceptors (Lipinski definition) is 3. The second-order valence-corrected chi connectivity index (χ2v) is 3.64. The van der Waals surface area contributed by atoms with Gasteiger partial charge in [-0.25, -0.2) is 0 Å². The highest BCUT2D eigenvalue weighted by molar-refractivity contribution is 5.96. The first-order valence-corrected chi connectivity index (χ1v) is 5.28. The molecule has 1 rings (SSSR count). The van der Waals surface area contributed by atoms with Crippen LogP contribution in [0.4, 0.5) is 22.0 Å². The molecule has 0 heterocycles. The zero-order chi connectivity index (χ0) is 15.3. The van der Waals surface area contributed by atoms with E-state index < -0.39 is 37.1 Å². The number of nitrogens with one attached hydrogen (secondary N) is 1. The molecule has 1 aromatic carbocycles. The fraction of sp³-hybridized carbons (Fsp3) is 0.364. The fourth-order valence-corrected chi connectivity index (χ4v) is 1.25. The van der Waals surface area contributed by atoms with Gasteiger partial charge < -0.3 is 15.2 Å². The number of ether oxygens (including phenoxy) is 1. The molecule has 0 aliphatic heterocycles. The molecule has 112 valence electrons. The highest BCUT2D eigenvalue weighted by Crippen LogP contribution is 2.21. The number of aliphatic hydroxyl groups excluding tert-OH is 1. The van der Waals surface area contributed by atoms with Gasteiger partial charge >= 0.3 is 12.8 Å². The van der Waals surface area contributed by atoms with Gasteiger partial charge in [-0.05, 0) is 12.1 Å². The lowest BCUT2D eigenvalue weighted by Crippen LogP contribution is -2.40. The van der Waals surface area contributed by atoms with E-state index in [1.165, 1.54) is 12.1 Å². The van der Waals surface area contributed by atoms with Crippen LogP contribution in [0.2, 0.25) is 0 Å². The lowest BCUT2D eigenvalue weighted by atomic mass is 10.2. The summed E-state index contributed by atoms with van der Waals surface area (Å²) < 4.78 is 64.3. The van der Waals surface area contributed by atoms with Crippen molar-refractivity contribution >= 4 is 5.91 Å². The molecule has 1 aromatic rings. The topological polar surface area (TPSA) is 58.6 Å². The summed E-state index contributed by atoms with van der Waals surface area (Å²) in [4.78, 5) is 11.6. The Bertz CT molecular complexity index is 464. The molecule has 1 unspecified atom stereocenters. The summed E-state index contributed by atoms with van der Waals surface area (Å²) in [6.45, 7) is -4.27. The van der Waals surface area contributed by atoms with E-state index in [4.69, 9.17) is 5.11 Å². The normalized spacial score (nSPS) is 13.2. The summed E-state index contributed by atoms with van der Waals surface area (Å²) >= 11 is 0. The fourth-order valence-electron chi connectivity index (χ4n) is 1.25. The highest BCUT2D eigenvalue weighted by Gasteiger charge is 2.38. The van der Waals surface area contributed by atoms with Gasteiger partial charge in [0.1, 0.15) is 5.75 Å². The van der Waals surface area contributed by atoms with Crippen molar-refractivity contribution in [1.29, 1.82) is 0 Å². The minimum Gasteiger partial charge on any atom is -0.434 e. The van der Waals surface area contributed by atoms with E-state index >= 15 is 0 Å². The second kappa shape index (κ2) is 6.51. The average Bonchev–Trinajstić information content (AvgIpc) is 2.34. The summed E-state index contributed by atoms with van der Waals surface area (Å²) in [5, 5.41) is 10.5. The van der Waals surface area contributed by atoms with Crippen LogP contribution in [0.3, 0.4) is 0 Å². The zero-order valence-corrected chi connectivity index (χ0v) is 9.82. The maximum absolute atomic E-state index is 12.1. The number of hydrogen-bond donors (Lipinski definition) is 2. The summed E-state index contributed by atoms with van der Waals surface area (Å²) in [7, 11) is 0. The predicted molar refractivity (Wildman–Crippen MR) is 57.5 cm³/mol. The molecule has 0 saturated carbocycles. The first-order valence-electron chi connectivity index (χ1n) is 5.28. The number of aliphatic hydroxyl groups is 1. The van der Waals surface area contributed by atoms with Crippen LogP contribution in [-0.4, -0.2) is 36.5 Å². The molecule has 0 aliphatic rings. The molecular formula is C11H10F5NO3.